The van der Waals surface area contributed by atoms with E-state index in [2.05, 4.69) is 75.8 Å². The molecule has 0 aromatic heterocycles. The van der Waals surface area contributed by atoms with Gasteiger partial charge in [-0.05, 0) is 115 Å². The van der Waals surface area contributed by atoms with Gasteiger partial charge in [-0.2, -0.15) is 8.78 Å². The number of aryl methyl sites for hydroxylation is 1. The van der Waals surface area contributed by atoms with E-state index >= 15 is 0 Å². The van der Waals surface area contributed by atoms with E-state index in [1.807, 2.05) is 12.1 Å². The number of imide groups is 1. The molecule has 3 aliphatic heterocycles. The minimum Gasteiger partial charge on any atom is -0.508 e. The number of phenolic OH excluding ortho intramolecular Hbond substituents is 1. The van der Waals surface area contributed by atoms with Gasteiger partial charge in [0.1, 0.15) is 23.3 Å². The molecule has 2 saturated heterocycles. The lowest BCUT2D eigenvalue weighted by Gasteiger charge is -2.39. The number of alkyl halides is 2. The molecule has 3 heterocycles. The SMILES string of the molecule is O=C1CCC(N2Cc3cc(N4CCN(CCC5CC(Oc6ccc([C@@H]7c8ccc(O)cc8CC[C@@H]7c7ccccc7)cc6)C5)CC4)cc(OC(F)F)c3C2=O)C(=O)N1. The van der Waals surface area contributed by atoms with Crippen LogP contribution >= 0.6 is 0 Å². The molecule has 2 N–H and O–H groups in total. The fourth-order valence-electron chi connectivity index (χ4n) is 9.85. The molecule has 2 aliphatic carbocycles. The number of benzene rings is 4. The van der Waals surface area contributed by atoms with Gasteiger partial charge in [-0.15, -0.1) is 0 Å². The van der Waals surface area contributed by atoms with Gasteiger partial charge >= 0.3 is 6.61 Å². The number of amides is 3. The second-order valence-electron chi connectivity index (χ2n) is 16.4. The number of rotatable bonds is 11. The van der Waals surface area contributed by atoms with Crippen LogP contribution in [-0.4, -0.2) is 84.1 Å². The van der Waals surface area contributed by atoms with Crippen molar-refractivity contribution in [3.63, 3.8) is 0 Å². The van der Waals surface area contributed by atoms with Crippen molar-refractivity contribution in [1.29, 1.82) is 0 Å². The molecule has 0 bridgehead atoms. The first-order valence-corrected chi connectivity index (χ1v) is 20.5. The lowest BCUT2D eigenvalue weighted by Crippen LogP contribution is -2.52. The highest BCUT2D eigenvalue weighted by Gasteiger charge is 2.42. The topological polar surface area (TPSA) is 112 Å². The van der Waals surface area contributed by atoms with Gasteiger partial charge in [0, 0.05) is 56.8 Å². The Balaban J connectivity index is 0.765. The predicted octanol–water partition coefficient (Wildman–Crippen LogP) is 6.99. The zero-order valence-corrected chi connectivity index (χ0v) is 32.3. The van der Waals surface area contributed by atoms with Crippen LogP contribution in [0.25, 0.3) is 0 Å². The van der Waals surface area contributed by atoms with Gasteiger partial charge in [0.2, 0.25) is 11.8 Å². The number of aromatic hydroxyl groups is 1. The van der Waals surface area contributed by atoms with Crippen LogP contribution in [0.4, 0.5) is 14.5 Å². The summed E-state index contributed by atoms with van der Waals surface area (Å²) in [7, 11) is 0. The lowest BCUT2D eigenvalue weighted by molar-refractivity contribution is -0.136. The smallest absolute Gasteiger partial charge is 0.387 e. The number of hydrogen-bond acceptors (Lipinski definition) is 8. The first kappa shape index (κ1) is 38.1. The van der Waals surface area contributed by atoms with E-state index < -0.39 is 24.5 Å². The van der Waals surface area contributed by atoms with Crippen LogP contribution in [0.15, 0.2) is 84.9 Å². The average Bonchev–Trinajstić information content (AvgIpc) is 3.54. The molecule has 5 aliphatic rings. The molecule has 0 radical (unpaired) electrons. The molecule has 3 fully saturated rings. The van der Waals surface area contributed by atoms with Gasteiger partial charge in [0.05, 0.1) is 11.7 Å². The molecule has 12 heteroatoms. The third kappa shape index (κ3) is 7.74. The standard InChI is InChI=1S/C46H48F2N4O6/c47-46(48)58-40-26-33(24-32-27-52(45(56)43(32)40)39-14-15-41(54)49-44(39)55)51-20-18-50(19-21-51)17-16-28-22-36(23-28)57-35-10-6-30(7-11-35)42-37(29-4-2-1-3-5-29)12-8-31-25-34(53)9-13-38(31)42/h1-7,9-11,13,24-26,28,36-37,39,42,46,53H,8,12,14-23,27H2,(H,49,54,55)/t28?,36?,37-,39?,42+/m1/s1. The summed E-state index contributed by atoms with van der Waals surface area (Å²) in [6.45, 7) is 0.989. The molecule has 10 nitrogen and oxygen atoms in total. The van der Waals surface area contributed by atoms with Crippen LogP contribution in [-0.2, 0) is 22.6 Å². The number of phenols is 1. The highest BCUT2D eigenvalue weighted by atomic mass is 19.3. The highest BCUT2D eigenvalue weighted by Crippen LogP contribution is 2.47. The molecule has 302 valence electrons. The van der Waals surface area contributed by atoms with Crippen molar-refractivity contribution >= 4 is 23.4 Å². The summed E-state index contributed by atoms with van der Waals surface area (Å²) in [6.07, 6.45) is 5.59. The Morgan fingerprint density at radius 2 is 1.60 bits per heavy atom. The summed E-state index contributed by atoms with van der Waals surface area (Å²) < 4.78 is 38.3. The Hall–Kier alpha value is -5.49. The van der Waals surface area contributed by atoms with Crippen LogP contribution in [0.1, 0.15) is 88.5 Å². The number of halogens is 2. The summed E-state index contributed by atoms with van der Waals surface area (Å²) >= 11 is 0. The maximum Gasteiger partial charge on any atom is 0.387 e. The van der Waals surface area contributed by atoms with Crippen molar-refractivity contribution in [3.8, 4) is 17.2 Å². The van der Waals surface area contributed by atoms with Crippen LogP contribution < -0.4 is 19.7 Å². The lowest BCUT2D eigenvalue weighted by atomic mass is 9.69. The van der Waals surface area contributed by atoms with Crippen molar-refractivity contribution in [2.24, 2.45) is 5.92 Å². The second kappa shape index (κ2) is 16.0. The summed E-state index contributed by atoms with van der Waals surface area (Å²) in [5, 5.41) is 12.5. The number of piperazine rings is 1. The van der Waals surface area contributed by atoms with E-state index in [0.29, 0.717) is 41.9 Å². The molecular weight excluding hydrogens is 743 g/mol. The van der Waals surface area contributed by atoms with Crippen molar-refractivity contribution in [1.82, 2.24) is 15.1 Å². The number of nitrogens with zero attached hydrogens (tertiary/aromatic N) is 3. The van der Waals surface area contributed by atoms with E-state index in [9.17, 15) is 28.3 Å². The number of carbonyl (C=O) groups excluding carboxylic acids is 3. The van der Waals surface area contributed by atoms with E-state index in [1.54, 1.807) is 6.07 Å². The Bertz CT molecular complexity index is 2170. The zero-order valence-electron chi connectivity index (χ0n) is 32.3. The molecule has 3 atom stereocenters. The summed E-state index contributed by atoms with van der Waals surface area (Å²) in [6, 6.07) is 27.7. The van der Waals surface area contributed by atoms with Gasteiger partial charge in [0.15, 0.2) is 0 Å². The van der Waals surface area contributed by atoms with Crippen molar-refractivity contribution < 1.29 is 37.7 Å². The first-order valence-electron chi connectivity index (χ1n) is 20.5. The van der Waals surface area contributed by atoms with Gasteiger partial charge in [0.25, 0.3) is 5.91 Å². The molecule has 3 amide bonds. The molecule has 4 aromatic carbocycles. The number of nitrogens with one attached hydrogen (secondary N) is 1. The van der Waals surface area contributed by atoms with Crippen LogP contribution in [0.5, 0.6) is 17.2 Å². The third-order valence-corrected chi connectivity index (χ3v) is 12.9. The highest BCUT2D eigenvalue weighted by molar-refractivity contribution is 6.06. The first-order chi connectivity index (χ1) is 28.2. The van der Waals surface area contributed by atoms with Crippen molar-refractivity contribution in [3.05, 3.63) is 118 Å². The molecule has 1 saturated carbocycles. The monoisotopic (exact) mass is 790 g/mol. The number of ether oxygens (including phenoxy) is 2. The number of anilines is 1. The fourth-order valence-corrected chi connectivity index (χ4v) is 9.85. The van der Waals surface area contributed by atoms with Crippen LogP contribution in [0, 0.1) is 5.92 Å². The van der Waals surface area contributed by atoms with Gasteiger partial charge in [-0.3, -0.25) is 24.6 Å². The summed E-state index contributed by atoms with van der Waals surface area (Å²) in [5.74, 6) is 0.690. The Morgan fingerprint density at radius 1 is 0.828 bits per heavy atom. The molecule has 0 spiro atoms. The summed E-state index contributed by atoms with van der Waals surface area (Å²) in [5.41, 5.74) is 6.39. The molecular formula is C46H48F2N4O6. The molecule has 58 heavy (non-hydrogen) atoms. The Labute approximate surface area is 336 Å². The largest absolute Gasteiger partial charge is 0.508 e. The summed E-state index contributed by atoms with van der Waals surface area (Å²) in [4.78, 5) is 43.5. The predicted molar refractivity (Wildman–Crippen MR) is 213 cm³/mol. The van der Waals surface area contributed by atoms with E-state index in [-0.39, 0.29) is 48.6 Å². The maximum atomic E-state index is 13.5. The van der Waals surface area contributed by atoms with E-state index in [0.717, 1.165) is 57.5 Å². The Morgan fingerprint density at radius 3 is 2.34 bits per heavy atom. The van der Waals surface area contributed by atoms with Gasteiger partial charge < -0.3 is 24.4 Å². The van der Waals surface area contributed by atoms with Crippen LogP contribution in [0.2, 0.25) is 0 Å². The number of carbonyl (C=O) groups is 3. The fraction of sp³-hybridized carbons (Fsp3) is 0.413. The van der Waals surface area contributed by atoms with Gasteiger partial charge in [-0.25, -0.2) is 0 Å². The van der Waals surface area contributed by atoms with Crippen LogP contribution in [0.3, 0.4) is 0 Å². The third-order valence-electron chi connectivity index (χ3n) is 12.9. The van der Waals surface area contributed by atoms with E-state index in [1.165, 1.54) is 33.2 Å². The average molecular weight is 791 g/mol. The Kier molecular flexibility index (Phi) is 10.5. The van der Waals surface area contributed by atoms with Crippen molar-refractivity contribution in [2.45, 2.75) is 82.1 Å². The quantitative estimate of drug-likeness (QED) is 0.157. The minimum atomic E-state index is -3.11. The second-order valence-corrected chi connectivity index (χ2v) is 16.4. The van der Waals surface area contributed by atoms with Gasteiger partial charge in [-0.1, -0.05) is 48.5 Å². The van der Waals surface area contributed by atoms with Crippen molar-refractivity contribution in [2.75, 3.05) is 37.6 Å². The molecule has 4 aromatic rings. The number of piperidine rings is 1. The molecule has 9 rings (SSSR count). The normalized spacial score (nSPS) is 24.6. The van der Waals surface area contributed by atoms with E-state index in [4.69, 9.17) is 9.47 Å². The number of hydrogen-bond donors (Lipinski definition) is 2. The minimum absolute atomic E-state index is 0.0531. The molecule has 1 unspecified atom stereocenters. The zero-order chi connectivity index (χ0) is 39.9. The maximum absolute atomic E-state index is 13.5. The number of fused-ring (bicyclic) bond motifs is 2.